The maximum Gasteiger partial charge on any atom is 0.179 e. The Balaban J connectivity index is 2.80. The van der Waals surface area contributed by atoms with Crippen molar-refractivity contribution < 1.29 is 13.5 Å². The van der Waals surface area contributed by atoms with Crippen LogP contribution in [0.2, 0.25) is 0 Å². The number of aromatic nitrogens is 1. The molecule has 1 aromatic rings. The van der Waals surface area contributed by atoms with Gasteiger partial charge in [-0.1, -0.05) is 0 Å². The van der Waals surface area contributed by atoms with E-state index in [0.717, 1.165) is 6.26 Å². The molecule has 0 aliphatic carbocycles. The molecule has 1 aromatic heterocycles. The van der Waals surface area contributed by atoms with E-state index in [0.29, 0.717) is 18.8 Å². The molecule has 0 aliphatic heterocycles. The quantitative estimate of drug-likeness (QED) is 0.795. The standard InChI is InChI=1S/C10H16N2O3S/c1-8(13)5-7-12-10-9(16(2,14)15)4-3-6-11-10/h3-4,6,8,13H,5,7H2,1-2H3,(H,11,12). The monoisotopic (exact) mass is 244 g/mol. The zero-order chi connectivity index (χ0) is 12.2. The second-order valence-corrected chi connectivity index (χ2v) is 5.67. The van der Waals surface area contributed by atoms with Crippen molar-refractivity contribution in [1.29, 1.82) is 0 Å². The first-order valence-corrected chi connectivity index (χ1v) is 6.87. The van der Waals surface area contributed by atoms with Crippen molar-refractivity contribution >= 4 is 15.7 Å². The maximum atomic E-state index is 11.4. The summed E-state index contributed by atoms with van der Waals surface area (Å²) in [6.07, 6.45) is 2.79. The van der Waals surface area contributed by atoms with Crippen LogP contribution in [0, 0.1) is 0 Å². The number of aliphatic hydroxyl groups is 1. The first kappa shape index (κ1) is 12.9. The van der Waals surface area contributed by atoms with Gasteiger partial charge in [-0.25, -0.2) is 13.4 Å². The van der Waals surface area contributed by atoms with Gasteiger partial charge in [-0.2, -0.15) is 0 Å². The molecule has 0 saturated heterocycles. The van der Waals surface area contributed by atoms with Crippen molar-refractivity contribution in [3.05, 3.63) is 18.3 Å². The van der Waals surface area contributed by atoms with Crippen LogP contribution in [0.25, 0.3) is 0 Å². The molecule has 0 fully saturated rings. The first-order valence-electron chi connectivity index (χ1n) is 4.98. The predicted molar refractivity (Wildman–Crippen MR) is 62.1 cm³/mol. The number of sulfone groups is 1. The molecule has 0 saturated carbocycles. The molecule has 0 spiro atoms. The lowest BCUT2D eigenvalue weighted by Crippen LogP contribution is -2.13. The normalized spacial score (nSPS) is 13.4. The van der Waals surface area contributed by atoms with Crippen LogP contribution in [0.15, 0.2) is 23.2 Å². The van der Waals surface area contributed by atoms with Gasteiger partial charge in [-0.3, -0.25) is 0 Å². The average Bonchev–Trinajstić information content (AvgIpc) is 2.16. The Hall–Kier alpha value is -1.14. The molecule has 0 aliphatic rings. The molecular formula is C10H16N2O3S. The number of nitrogens with one attached hydrogen (secondary N) is 1. The molecule has 5 nitrogen and oxygen atoms in total. The summed E-state index contributed by atoms with van der Waals surface area (Å²) in [7, 11) is -3.27. The number of rotatable bonds is 5. The van der Waals surface area contributed by atoms with Gasteiger partial charge in [-0.15, -0.1) is 0 Å². The Bertz CT molecular complexity index is 443. The average molecular weight is 244 g/mol. The summed E-state index contributed by atoms with van der Waals surface area (Å²) in [4.78, 5) is 4.15. The molecule has 6 heteroatoms. The minimum absolute atomic E-state index is 0.181. The van der Waals surface area contributed by atoms with E-state index in [4.69, 9.17) is 5.11 Å². The zero-order valence-corrected chi connectivity index (χ0v) is 10.2. The van der Waals surface area contributed by atoms with Gasteiger partial charge >= 0.3 is 0 Å². The molecule has 0 amide bonds. The topological polar surface area (TPSA) is 79.3 Å². The van der Waals surface area contributed by atoms with Crippen LogP contribution in [0.3, 0.4) is 0 Å². The van der Waals surface area contributed by atoms with Crippen molar-refractivity contribution in [3.8, 4) is 0 Å². The lowest BCUT2D eigenvalue weighted by molar-refractivity contribution is 0.188. The summed E-state index contributed by atoms with van der Waals surface area (Å²) in [6.45, 7) is 2.16. The van der Waals surface area contributed by atoms with Crippen molar-refractivity contribution in [2.24, 2.45) is 0 Å². The van der Waals surface area contributed by atoms with Crippen LogP contribution < -0.4 is 5.32 Å². The lowest BCUT2D eigenvalue weighted by Gasteiger charge is -2.10. The minimum atomic E-state index is -3.27. The third-order valence-electron chi connectivity index (χ3n) is 2.02. The SMILES string of the molecule is CC(O)CCNc1ncccc1S(C)(=O)=O. The van der Waals surface area contributed by atoms with Crippen LogP contribution in [-0.2, 0) is 9.84 Å². The second-order valence-electron chi connectivity index (χ2n) is 3.69. The molecule has 16 heavy (non-hydrogen) atoms. The smallest absolute Gasteiger partial charge is 0.179 e. The molecule has 2 N–H and O–H groups in total. The largest absolute Gasteiger partial charge is 0.393 e. The fraction of sp³-hybridized carbons (Fsp3) is 0.500. The molecule has 0 bridgehead atoms. The van der Waals surface area contributed by atoms with Crippen molar-refractivity contribution in [3.63, 3.8) is 0 Å². The summed E-state index contributed by atoms with van der Waals surface area (Å²) in [5.74, 6) is 0.339. The van der Waals surface area contributed by atoms with Gasteiger partial charge in [0.15, 0.2) is 9.84 Å². The van der Waals surface area contributed by atoms with Crippen LogP contribution in [0.1, 0.15) is 13.3 Å². The highest BCUT2D eigenvalue weighted by atomic mass is 32.2. The van der Waals surface area contributed by atoms with Gasteiger partial charge in [0.2, 0.25) is 0 Å². The van der Waals surface area contributed by atoms with Crippen molar-refractivity contribution in [2.75, 3.05) is 18.1 Å². The minimum Gasteiger partial charge on any atom is -0.393 e. The Morgan fingerprint density at radius 2 is 2.25 bits per heavy atom. The molecule has 1 unspecified atom stereocenters. The Kier molecular flexibility index (Phi) is 4.26. The number of aliphatic hydroxyl groups excluding tert-OH is 1. The summed E-state index contributed by atoms with van der Waals surface area (Å²) in [6, 6.07) is 3.09. The lowest BCUT2D eigenvalue weighted by atomic mass is 10.3. The number of anilines is 1. The van der Waals surface area contributed by atoms with Gasteiger partial charge in [-0.05, 0) is 25.5 Å². The predicted octanol–water partition coefficient (Wildman–Crippen LogP) is 0.668. The van der Waals surface area contributed by atoms with E-state index < -0.39 is 15.9 Å². The Morgan fingerprint density at radius 1 is 1.56 bits per heavy atom. The highest BCUT2D eigenvalue weighted by Crippen LogP contribution is 2.17. The van der Waals surface area contributed by atoms with Crippen LogP contribution >= 0.6 is 0 Å². The molecule has 0 aromatic carbocycles. The Labute approximate surface area is 95.4 Å². The van der Waals surface area contributed by atoms with Crippen molar-refractivity contribution in [2.45, 2.75) is 24.3 Å². The summed E-state index contributed by atoms with van der Waals surface area (Å²) >= 11 is 0. The number of pyridine rings is 1. The van der Waals surface area contributed by atoms with Crippen LogP contribution in [0.4, 0.5) is 5.82 Å². The second kappa shape index (κ2) is 5.27. The van der Waals surface area contributed by atoms with E-state index in [1.807, 2.05) is 0 Å². The molecule has 1 atom stereocenters. The number of hydrogen-bond acceptors (Lipinski definition) is 5. The fourth-order valence-electron chi connectivity index (χ4n) is 1.22. The highest BCUT2D eigenvalue weighted by molar-refractivity contribution is 7.90. The van der Waals surface area contributed by atoms with Gasteiger partial charge in [0.05, 0.1) is 6.10 Å². The first-order chi connectivity index (χ1) is 7.41. The Morgan fingerprint density at radius 3 is 2.81 bits per heavy atom. The van der Waals surface area contributed by atoms with Gasteiger partial charge < -0.3 is 10.4 Å². The van der Waals surface area contributed by atoms with Gasteiger partial charge in [0.1, 0.15) is 10.7 Å². The summed E-state index contributed by atoms with van der Waals surface area (Å²) in [5, 5.41) is 12.0. The molecule has 0 radical (unpaired) electrons. The summed E-state index contributed by atoms with van der Waals surface area (Å²) in [5.41, 5.74) is 0. The van der Waals surface area contributed by atoms with E-state index in [1.165, 1.54) is 12.3 Å². The summed E-state index contributed by atoms with van der Waals surface area (Å²) < 4.78 is 22.8. The number of nitrogens with zero attached hydrogens (tertiary/aromatic N) is 1. The maximum absolute atomic E-state index is 11.4. The third-order valence-corrected chi connectivity index (χ3v) is 3.15. The molecule has 90 valence electrons. The van der Waals surface area contributed by atoms with E-state index in [1.54, 1.807) is 13.0 Å². The van der Waals surface area contributed by atoms with E-state index in [-0.39, 0.29) is 4.90 Å². The molecule has 1 rings (SSSR count). The van der Waals surface area contributed by atoms with E-state index in [2.05, 4.69) is 10.3 Å². The van der Waals surface area contributed by atoms with Gasteiger partial charge in [0, 0.05) is 19.0 Å². The zero-order valence-electron chi connectivity index (χ0n) is 9.34. The van der Waals surface area contributed by atoms with Crippen LogP contribution in [0.5, 0.6) is 0 Å². The van der Waals surface area contributed by atoms with Gasteiger partial charge in [0.25, 0.3) is 0 Å². The third kappa shape index (κ3) is 3.79. The highest BCUT2D eigenvalue weighted by Gasteiger charge is 2.13. The van der Waals surface area contributed by atoms with E-state index >= 15 is 0 Å². The molecular weight excluding hydrogens is 228 g/mol. The molecule has 1 heterocycles. The van der Waals surface area contributed by atoms with Crippen LogP contribution in [-0.4, -0.2) is 37.4 Å². The van der Waals surface area contributed by atoms with E-state index in [9.17, 15) is 8.42 Å². The fourth-order valence-corrected chi connectivity index (χ4v) is 2.02. The number of hydrogen-bond donors (Lipinski definition) is 2. The van der Waals surface area contributed by atoms with Crippen molar-refractivity contribution in [1.82, 2.24) is 4.98 Å².